The van der Waals surface area contributed by atoms with E-state index in [0.717, 1.165) is 18.5 Å². The summed E-state index contributed by atoms with van der Waals surface area (Å²) in [6, 6.07) is 28.3. The Morgan fingerprint density at radius 2 is 1.45 bits per heavy atom. The van der Waals surface area contributed by atoms with Crippen molar-refractivity contribution in [1.82, 2.24) is 9.78 Å². The minimum atomic E-state index is 0.143. The predicted octanol–water partition coefficient (Wildman–Crippen LogP) is 6.60. The quantitative estimate of drug-likeness (QED) is 0.384. The van der Waals surface area contributed by atoms with Crippen molar-refractivity contribution >= 4 is 0 Å². The number of benzene rings is 3. The molecular formula is C27H26N2. The highest BCUT2D eigenvalue weighted by Gasteiger charge is 2.26. The summed E-state index contributed by atoms with van der Waals surface area (Å²) < 4.78 is 2.14. The molecule has 0 atom stereocenters. The molecule has 5 rings (SSSR count). The van der Waals surface area contributed by atoms with Gasteiger partial charge in [-0.2, -0.15) is 5.10 Å². The van der Waals surface area contributed by atoms with Crippen molar-refractivity contribution in [1.29, 1.82) is 0 Å². The van der Waals surface area contributed by atoms with Gasteiger partial charge in [0.2, 0.25) is 0 Å². The molecule has 0 fully saturated rings. The highest BCUT2D eigenvalue weighted by molar-refractivity contribution is 5.86. The average molecular weight is 379 g/mol. The molecule has 0 amide bonds. The van der Waals surface area contributed by atoms with Gasteiger partial charge in [-0.05, 0) is 47.1 Å². The summed E-state index contributed by atoms with van der Waals surface area (Å²) >= 11 is 0. The summed E-state index contributed by atoms with van der Waals surface area (Å²) in [6.45, 7) is 6.77. The maximum atomic E-state index is 5.08. The van der Waals surface area contributed by atoms with Crippen LogP contribution in [0.25, 0.3) is 28.1 Å². The molecule has 2 nitrogen and oxygen atoms in total. The van der Waals surface area contributed by atoms with E-state index >= 15 is 0 Å². The summed E-state index contributed by atoms with van der Waals surface area (Å²) in [5.74, 6) is 0. The lowest BCUT2D eigenvalue weighted by Gasteiger charge is -2.20. The summed E-state index contributed by atoms with van der Waals surface area (Å²) in [7, 11) is 0. The number of rotatable bonds is 2. The highest BCUT2D eigenvalue weighted by atomic mass is 15.3. The Labute approximate surface area is 172 Å². The van der Waals surface area contributed by atoms with E-state index in [0.29, 0.717) is 0 Å². The number of para-hydroxylation sites is 1. The first-order chi connectivity index (χ1) is 14.0. The molecule has 29 heavy (non-hydrogen) atoms. The van der Waals surface area contributed by atoms with Crippen LogP contribution in [0.3, 0.4) is 0 Å². The van der Waals surface area contributed by atoms with E-state index in [1.165, 1.54) is 39.2 Å². The molecule has 144 valence electrons. The van der Waals surface area contributed by atoms with Crippen molar-refractivity contribution in [3.63, 3.8) is 0 Å². The third kappa shape index (κ3) is 3.09. The van der Waals surface area contributed by atoms with Crippen LogP contribution in [0.5, 0.6) is 0 Å². The molecule has 2 heteroatoms. The summed E-state index contributed by atoms with van der Waals surface area (Å²) in [6.07, 6.45) is 2.04. The second-order valence-corrected chi connectivity index (χ2v) is 8.90. The van der Waals surface area contributed by atoms with Gasteiger partial charge in [0.1, 0.15) is 0 Å². The van der Waals surface area contributed by atoms with Crippen molar-refractivity contribution in [2.75, 3.05) is 0 Å². The fourth-order valence-electron chi connectivity index (χ4n) is 4.31. The maximum Gasteiger partial charge on any atom is 0.0822 e. The smallest absolute Gasteiger partial charge is 0.0822 e. The van der Waals surface area contributed by atoms with E-state index in [4.69, 9.17) is 5.10 Å². The van der Waals surface area contributed by atoms with Crippen LogP contribution in [0.4, 0.5) is 0 Å². The van der Waals surface area contributed by atoms with Crippen molar-refractivity contribution in [3.8, 4) is 28.1 Å². The first kappa shape index (κ1) is 17.9. The molecule has 0 N–H and O–H groups in total. The molecule has 1 aliphatic carbocycles. The van der Waals surface area contributed by atoms with Crippen LogP contribution in [0.2, 0.25) is 0 Å². The number of aromatic nitrogens is 2. The van der Waals surface area contributed by atoms with E-state index in [-0.39, 0.29) is 5.41 Å². The Hall–Kier alpha value is -3.13. The molecule has 0 radical (unpaired) electrons. The Kier molecular flexibility index (Phi) is 4.16. The molecular weight excluding hydrogens is 352 g/mol. The number of fused-ring (bicyclic) bond motifs is 3. The lowest BCUT2D eigenvalue weighted by Crippen LogP contribution is -2.10. The van der Waals surface area contributed by atoms with Gasteiger partial charge < -0.3 is 0 Å². The second-order valence-electron chi connectivity index (χ2n) is 8.90. The first-order valence-corrected chi connectivity index (χ1v) is 10.4. The fraction of sp³-hybridized carbons (Fsp3) is 0.222. The Balaban J connectivity index is 1.77. The Bertz CT molecular complexity index is 1160. The van der Waals surface area contributed by atoms with Gasteiger partial charge in [0.05, 0.1) is 17.1 Å². The van der Waals surface area contributed by atoms with Crippen molar-refractivity contribution in [2.24, 2.45) is 0 Å². The molecule has 0 aliphatic heterocycles. The van der Waals surface area contributed by atoms with E-state index in [9.17, 15) is 0 Å². The standard InChI is InChI=1S/C27H26N2/c1-27(2,3)21-16-13-20(14-17-21)26-25-23-12-8-7-9-19(23)15-18-24(25)28-29(26)22-10-5-4-6-11-22/h4-14,16-17H,15,18H2,1-3H3. The summed E-state index contributed by atoms with van der Waals surface area (Å²) in [4.78, 5) is 0. The van der Waals surface area contributed by atoms with Gasteiger partial charge in [-0.15, -0.1) is 0 Å². The number of hydrogen-bond acceptors (Lipinski definition) is 1. The van der Waals surface area contributed by atoms with Crippen molar-refractivity contribution < 1.29 is 0 Å². The van der Waals surface area contributed by atoms with Crippen LogP contribution < -0.4 is 0 Å². The molecule has 0 unspecified atom stereocenters. The van der Waals surface area contributed by atoms with Crippen molar-refractivity contribution in [3.05, 3.63) is 95.7 Å². The molecule has 1 aliphatic rings. The van der Waals surface area contributed by atoms with Gasteiger partial charge in [0, 0.05) is 11.1 Å². The number of nitrogens with zero attached hydrogens (tertiary/aromatic N) is 2. The average Bonchev–Trinajstić information content (AvgIpc) is 3.14. The van der Waals surface area contributed by atoms with E-state index in [1.54, 1.807) is 0 Å². The van der Waals surface area contributed by atoms with Crippen LogP contribution >= 0.6 is 0 Å². The van der Waals surface area contributed by atoms with E-state index in [1.807, 2.05) is 0 Å². The molecule has 1 heterocycles. The maximum absolute atomic E-state index is 5.08. The molecule has 0 bridgehead atoms. The minimum Gasteiger partial charge on any atom is -0.232 e. The summed E-state index contributed by atoms with van der Waals surface area (Å²) in [5, 5.41) is 5.08. The molecule has 1 aromatic heterocycles. The van der Waals surface area contributed by atoms with Crippen LogP contribution in [-0.4, -0.2) is 9.78 Å². The van der Waals surface area contributed by atoms with Crippen LogP contribution in [0.15, 0.2) is 78.9 Å². The normalized spacial score (nSPS) is 13.1. The lowest BCUT2D eigenvalue weighted by atomic mass is 9.85. The van der Waals surface area contributed by atoms with Gasteiger partial charge in [0.15, 0.2) is 0 Å². The monoisotopic (exact) mass is 378 g/mol. The summed E-state index contributed by atoms with van der Waals surface area (Å²) in [5.41, 5.74) is 10.2. The Morgan fingerprint density at radius 1 is 0.759 bits per heavy atom. The second kappa shape index (κ2) is 6.73. The van der Waals surface area contributed by atoms with E-state index in [2.05, 4.69) is 104 Å². The van der Waals surface area contributed by atoms with E-state index < -0.39 is 0 Å². The number of hydrogen-bond donors (Lipinski definition) is 0. The fourth-order valence-corrected chi connectivity index (χ4v) is 4.31. The van der Waals surface area contributed by atoms with Crippen LogP contribution in [0.1, 0.15) is 37.6 Å². The topological polar surface area (TPSA) is 17.8 Å². The number of aryl methyl sites for hydroxylation is 2. The first-order valence-electron chi connectivity index (χ1n) is 10.4. The third-order valence-corrected chi connectivity index (χ3v) is 5.90. The predicted molar refractivity (Wildman–Crippen MR) is 121 cm³/mol. The lowest BCUT2D eigenvalue weighted by molar-refractivity contribution is 0.590. The van der Waals surface area contributed by atoms with Gasteiger partial charge in [0.25, 0.3) is 0 Å². The zero-order valence-corrected chi connectivity index (χ0v) is 17.3. The third-order valence-electron chi connectivity index (χ3n) is 5.90. The van der Waals surface area contributed by atoms with Crippen molar-refractivity contribution in [2.45, 2.75) is 39.0 Å². The minimum absolute atomic E-state index is 0.143. The Morgan fingerprint density at radius 3 is 2.17 bits per heavy atom. The highest BCUT2D eigenvalue weighted by Crippen LogP contribution is 2.42. The molecule has 0 spiro atoms. The van der Waals surface area contributed by atoms with Gasteiger partial charge >= 0.3 is 0 Å². The molecule has 0 saturated carbocycles. The molecule has 3 aromatic carbocycles. The zero-order chi connectivity index (χ0) is 20.0. The van der Waals surface area contributed by atoms with Crippen LogP contribution in [-0.2, 0) is 18.3 Å². The van der Waals surface area contributed by atoms with Gasteiger partial charge in [-0.1, -0.05) is 87.5 Å². The molecule has 0 saturated heterocycles. The van der Waals surface area contributed by atoms with Crippen LogP contribution in [0, 0.1) is 0 Å². The van der Waals surface area contributed by atoms with Gasteiger partial charge in [-0.3, -0.25) is 0 Å². The SMILES string of the molecule is CC(C)(C)c1ccc(-c2c3c(nn2-c2ccccc2)CCc2ccccc2-3)cc1. The van der Waals surface area contributed by atoms with Gasteiger partial charge in [-0.25, -0.2) is 4.68 Å². The molecule has 4 aromatic rings. The zero-order valence-electron chi connectivity index (χ0n) is 17.3. The largest absolute Gasteiger partial charge is 0.232 e.